The molecule has 5 nitrogen and oxygen atoms in total. The number of anilines is 1. The Kier molecular flexibility index (Phi) is 5.56. The Morgan fingerprint density at radius 1 is 1.08 bits per heavy atom. The van der Waals surface area contributed by atoms with Gasteiger partial charge in [-0.2, -0.15) is 0 Å². The first kappa shape index (κ1) is 18.0. The Bertz CT molecular complexity index is 759. The average molecular weight is 352 g/mol. The van der Waals surface area contributed by atoms with Gasteiger partial charge in [0.25, 0.3) is 0 Å². The predicted molar refractivity (Wildman–Crippen MR) is 101 cm³/mol. The van der Waals surface area contributed by atoms with E-state index in [4.69, 9.17) is 4.74 Å². The second-order valence-electron chi connectivity index (χ2n) is 6.58. The fourth-order valence-electron chi connectivity index (χ4n) is 3.01. The fourth-order valence-corrected chi connectivity index (χ4v) is 3.01. The molecule has 0 spiro atoms. The third-order valence-corrected chi connectivity index (χ3v) is 4.52. The first-order valence-corrected chi connectivity index (χ1v) is 8.91. The second-order valence-corrected chi connectivity index (χ2v) is 6.58. The van der Waals surface area contributed by atoms with Crippen molar-refractivity contribution in [1.82, 2.24) is 4.90 Å². The minimum absolute atomic E-state index is 0.0284. The third kappa shape index (κ3) is 4.42. The molecule has 2 unspecified atom stereocenters. The molecule has 2 amide bonds. The molecule has 0 radical (unpaired) electrons. The second kappa shape index (κ2) is 8.04. The number of nitrogens with zero attached hydrogens (tertiary/aromatic N) is 1. The molecule has 1 N–H and O–H groups in total. The molecule has 2 aromatic rings. The van der Waals surface area contributed by atoms with Crippen LogP contribution in [-0.4, -0.2) is 30.4 Å². The summed E-state index contributed by atoms with van der Waals surface area (Å²) in [4.78, 5) is 26.6. The zero-order chi connectivity index (χ0) is 18.5. The number of carbonyl (C=O) groups excluding carboxylic acids is 2. The Hall–Kier alpha value is -2.82. The van der Waals surface area contributed by atoms with Crippen molar-refractivity contribution in [2.75, 3.05) is 19.0 Å². The molecule has 1 aliphatic rings. The molecule has 1 fully saturated rings. The van der Waals surface area contributed by atoms with Gasteiger partial charge in [-0.15, -0.1) is 0 Å². The molecule has 0 heterocycles. The highest BCUT2D eigenvalue weighted by molar-refractivity contribution is 5.99. The zero-order valence-corrected chi connectivity index (χ0v) is 15.1. The summed E-state index contributed by atoms with van der Waals surface area (Å²) in [6.45, 7) is 3.09. The average Bonchev–Trinajstić information content (AvgIpc) is 3.44. The minimum atomic E-state index is -0.243. The van der Waals surface area contributed by atoms with Crippen molar-refractivity contribution in [2.45, 2.75) is 19.9 Å². The number of amides is 2. The summed E-state index contributed by atoms with van der Waals surface area (Å²) in [6, 6.07) is 17.1. The first-order valence-electron chi connectivity index (χ1n) is 8.91. The lowest BCUT2D eigenvalue weighted by Crippen LogP contribution is -2.29. The maximum Gasteiger partial charge on any atom is 0.228 e. The highest BCUT2D eigenvalue weighted by Gasteiger charge is 2.49. The van der Waals surface area contributed by atoms with E-state index in [0.29, 0.717) is 25.3 Å². The summed E-state index contributed by atoms with van der Waals surface area (Å²) in [7, 11) is 1.79. The van der Waals surface area contributed by atoms with Crippen molar-refractivity contribution in [2.24, 2.45) is 11.8 Å². The molecule has 0 saturated heterocycles. The van der Waals surface area contributed by atoms with E-state index in [1.165, 1.54) is 0 Å². The van der Waals surface area contributed by atoms with Gasteiger partial charge in [-0.25, -0.2) is 0 Å². The van der Waals surface area contributed by atoms with Gasteiger partial charge >= 0.3 is 0 Å². The predicted octanol–water partition coefficient (Wildman–Crippen LogP) is 3.32. The molecule has 2 atom stereocenters. The lowest BCUT2D eigenvalue weighted by Gasteiger charge is -2.17. The molecule has 3 rings (SSSR count). The van der Waals surface area contributed by atoms with E-state index in [-0.39, 0.29) is 23.7 Å². The quantitative estimate of drug-likeness (QED) is 0.832. The first-order chi connectivity index (χ1) is 12.6. The van der Waals surface area contributed by atoms with Gasteiger partial charge in [-0.1, -0.05) is 30.3 Å². The van der Waals surface area contributed by atoms with Gasteiger partial charge in [0.15, 0.2) is 0 Å². The van der Waals surface area contributed by atoms with Gasteiger partial charge in [0.2, 0.25) is 11.8 Å². The normalized spacial score (nSPS) is 18.1. The number of ether oxygens (including phenoxy) is 1. The lowest BCUT2D eigenvalue weighted by atomic mass is 10.2. The largest absolute Gasteiger partial charge is 0.494 e. The van der Waals surface area contributed by atoms with Crippen molar-refractivity contribution < 1.29 is 14.3 Å². The van der Waals surface area contributed by atoms with Crippen LogP contribution in [0.4, 0.5) is 5.69 Å². The van der Waals surface area contributed by atoms with E-state index in [2.05, 4.69) is 5.32 Å². The van der Waals surface area contributed by atoms with Crippen LogP contribution >= 0.6 is 0 Å². The maximum atomic E-state index is 12.5. The topological polar surface area (TPSA) is 58.6 Å². The molecule has 0 aromatic heterocycles. The summed E-state index contributed by atoms with van der Waals surface area (Å²) in [5.41, 5.74) is 1.80. The van der Waals surface area contributed by atoms with Crippen LogP contribution in [-0.2, 0) is 16.1 Å². The highest BCUT2D eigenvalue weighted by Crippen LogP contribution is 2.41. The molecular formula is C21H24N2O3. The van der Waals surface area contributed by atoms with Gasteiger partial charge < -0.3 is 15.0 Å². The molecule has 0 bridgehead atoms. The van der Waals surface area contributed by atoms with Crippen LogP contribution in [0, 0.1) is 11.8 Å². The van der Waals surface area contributed by atoms with Crippen LogP contribution in [0.1, 0.15) is 18.9 Å². The molecule has 26 heavy (non-hydrogen) atoms. The molecule has 1 saturated carbocycles. The maximum absolute atomic E-state index is 12.5. The van der Waals surface area contributed by atoms with Crippen LogP contribution in [0.3, 0.4) is 0 Å². The molecule has 2 aromatic carbocycles. The summed E-state index contributed by atoms with van der Waals surface area (Å²) >= 11 is 0. The lowest BCUT2D eigenvalue weighted by molar-refractivity contribution is -0.133. The van der Waals surface area contributed by atoms with E-state index in [1.54, 1.807) is 11.9 Å². The van der Waals surface area contributed by atoms with Gasteiger partial charge in [0, 0.05) is 19.3 Å². The van der Waals surface area contributed by atoms with E-state index in [1.807, 2.05) is 61.5 Å². The SMILES string of the molecule is CCOc1ccc(NC(=O)C2CC2C(=O)N(C)Cc2ccccc2)cc1. The van der Waals surface area contributed by atoms with E-state index >= 15 is 0 Å². The number of hydrogen-bond donors (Lipinski definition) is 1. The molecule has 136 valence electrons. The summed E-state index contributed by atoms with van der Waals surface area (Å²) in [5.74, 6) is 0.243. The fraction of sp³-hybridized carbons (Fsp3) is 0.333. The Morgan fingerprint density at radius 2 is 1.77 bits per heavy atom. The highest BCUT2D eigenvalue weighted by atomic mass is 16.5. The van der Waals surface area contributed by atoms with Crippen LogP contribution < -0.4 is 10.1 Å². The van der Waals surface area contributed by atoms with Crippen molar-refractivity contribution in [1.29, 1.82) is 0 Å². The van der Waals surface area contributed by atoms with Crippen LogP contribution in [0.5, 0.6) is 5.75 Å². The Morgan fingerprint density at radius 3 is 2.42 bits per heavy atom. The van der Waals surface area contributed by atoms with Gasteiger partial charge in [-0.05, 0) is 43.2 Å². The van der Waals surface area contributed by atoms with Crippen molar-refractivity contribution in [3.63, 3.8) is 0 Å². The standard InChI is InChI=1S/C21H24N2O3/c1-3-26-17-11-9-16(10-12-17)22-20(24)18-13-19(18)21(25)23(2)14-15-7-5-4-6-8-15/h4-12,18-19H,3,13-14H2,1-2H3,(H,22,24). The monoisotopic (exact) mass is 352 g/mol. The number of carbonyl (C=O) groups is 2. The molecular weight excluding hydrogens is 328 g/mol. The smallest absolute Gasteiger partial charge is 0.228 e. The summed E-state index contributed by atoms with van der Waals surface area (Å²) < 4.78 is 5.39. The van der Waals surface area contributed by atoms with Gasteiger partial charge in [0.1, 0.15) is 5.75 Å². The van der Waals surface area contributed by atoms with Crippen LogP contribution in [0.25, 0.3) is 0 Å². The van der Waals surface area contributed by atoms with Gasteiger partial charge in [-0.3, -0.25) is 9.59 Å². The summed E-state index contributed by atoms with van der Waals surface area (Å²) in [5, 5.41) is 2.88. The molecule has 0 aliphatic heterocycles. The number of hydrogen-bond acceptors (Lipinski definition) is 3. The van der Waals surface area contributed by atoms with Crippen LogP contribution in [0.15, 0.2) is 54.6 Å². The minimum Gasteiger partial charge on any atom is -0.494 e. The number of nitrogens with one attached hydrogen (secondary N) is 1. The molecule has 5 heteroatoms. The van der Waals surface area contributed by atoms with Crippen molar-refractivity contribution >= 4 is 17.5 Å². The van der Waals surface area contributed by atoms with Crippen LogP contribution in [0.2, 0.25) is 0 Å². The third-order valence-electron chi connectivity index (χ3n) is 4.52. The van der Waals surface area contributed by atoms with E-state index < -0.39 is 0 Å². The Labute approximate surface area is 154 Å². The van der Waals surface area contributed by atoms with E-state index in [9.17, 15) is 9.59 Å². The van der Waals surface area contributed by atoms with E-state index in [0.717, 1.165) is 11.3 Å². The number of rotatable bonds is 7. The zero-order valence-electron chi connectivity index (χ0n) is 15.1. The van der Waals surface area contributed by atoms with Crippen molar-refractivity contribution in [3.05, 3.63) is 60.2 Å². The van der Waals surface area contributed by atoms with Gasteiger partial charge in [0.05, 0.1) is 18.4 Å². The summed E-state index contributed by atoms with van der Waals surface area (Å²) in [6.07, 6.45) is 0.612. The Balaban J connectivity index is 1.50. The van der Waals surface area contributed by atoms with Crippen molar-refractivity contribution in [3.8, 4) is 5.75 Å². The molecule has 1 aliphatic carbocycles. The number of benzene rings is 2.